The van der Waals surface area contributed by atoms with E-state index in [1.165, 1.54) is 0 Å². The maximum absolute atomic E-state index is 12.0. The standard InChI is InChI=1S/C13H19N3O2/c1-13(2,8-10(14)17)16-12(18)11(15)9-6-4-3-5-7-9/h3-7,11H,8,15H2,1-2H3,(H2,14,17)(H,16,18)/t11-/m0/s1. The number of nitrogens with one attached hydrogen (secondary N) is 1. The molecule has 98 valence electrons. The van der Waals surface area contributed by atoms with Crippen LogP contribution in [0.25, 0.3) is 0 Å². The molecule has 2 amide bonds. The third-order valence-corrected chi connectivity index (χ3v) is 2.52. The molecule has 0 aliphatic rings. The number of amides is 2. The first kappa shape index (κ1) is 14.2. The van der Waals surface area contributed by atoms with Gasteiger partial charge in [0, 0.05) is 12.0 Å². The van der Waals surface area contributed by atoms with Crippen LogP contribution in [-0.2, 0) is 9.59 Å². The zero-order valence-electron chi connectivity index (χ0n) is 10.6. The van der Waals surface area contributed by atoms with Gasteiger partial charge in [0.05, 0.1) is 0 Å². The zero-order chi connectivity index (χ0) is 13.8. The predicted molar refractivity (Wildman–Crippen MR) is 69.4 cm³/mol. The van der Waals surface area contributed by atoms with Gasteiger partial charge in [0.25, 0.3) is 0 Å². The lowest BCUT2D eigenvalue weighted by molar-refractivity contribution is -0.125. The van der Waals surface area contributed by atoms with Crippen LogP contribution in [0, 0.1) is 0 Å². The topological polar surface area (TPSA) is 98.2 Å². The van der Waals surface area contributed by atoms with Gasteiger partial charge in [-0.3, -0.25) is 9.59 Å². The van der Waals surface area contributed by atoms with Gasteiger partial charge < -0.3 is 16.8 Å². The van der Waals surface area contributed by atoms with Gasteiger partial charge in [-0.1, -0.05) is 30.3 Å². The molecular formula is C13H19N3O2. The fourth-order valence-electron chi connectivity index (χ4n) is 1.70. The number of nitrogens with two attached hydrogens (primary N) is 2. The highest BCUT2D eigenvalue weighted by Crippen LogP contribution is 2.13. The summed E-state index contributed by atoms with van der Waals surface area (Å²) >= 11 is 0. The molecule has 1 aromatic rings. The van der Waals surface area contributed by atoms with Gasteiger partial charge in [-0.2, -0.15) is 0 Å². The van der Waals surface area contributed by atoms with Crippen molar-refractivity contribution in [3.05, 3.63) is 35.9 Å². The Morgan fingerprint density at radius 1 is 1.28 bits per heavy atom. The minimum Gasteiger partial charge on any atom is -0.370 e. The molecule has 0 unspecified atom stereocenters. The SMILES string of the molecule is CC(C)(CC(N)=O)NC(=O)[C@@H](N)c1ccccc1. The van der Waals surface area contributed by atoms with Crippen molar-refractivity contribution in [1.82, 2.24) is 5.32 Å². The van der Waals surface area contributed by atoms with Gasteiger partial charge >= 0.3 is 0 Å². The van der Waals surface area contributed by atoms with E-state index in [4.69, 9.17) is 11.5 Å². The van der Waals surface area contributed by atoms with Gasteiger partial charge in [0.1, 0.15) is 6.04 Å². The number of carbonyl (C=O) groups excluding carboxylic acids is 2. The average molecular weight is 249 g/mol. The van der Waals surface area contributed by atoms with Gasteiger partial charge in [0.15, 0.2) is 0 Å². The van der Waals surface area contributed by atoms with Crippen LogP contribution in [-0.4, -0.2) is 17.4 Å². The number of hydrogen-bond acceptors (Lipinski definition) is 3. The van der Waals surface area contributed by atoms with E-state index in [-0.39, 0.29) is 12.3 Å². The van der Waals surface area contributed by atoms with Crippen LogP contribution in [0.4, 0.5) is 0 Å². The van der Waals surface area contributed by atoms with Crippen molar-refractivity contribution in [1.29, 1.82) is 0 Å². The largest absolute Gasteiger partial charge is 0.370 e. The molecule has 5 N–H and O–H groups in total. The molecule has 0 heterocycles. The minimum absolute atomic E-state index is 0.0697. The first-order valence-electron chi connectivity index (χ1n) is 5.73. The lowest BCUT2D eigenvalue weighted by Crippen LogP contribution is -2.49. The van der Waals surface area contributed by atoms with E-state index < -0.39 is 17.5 Å². The van der Waals surface area contributed by atoms with Crippen LogP contribution in [0.15, 0.2) is 30.3 Å². The Morgan fingerprint density at radius 2 is 1.83 bits per heavy atom. The summed E-state index contributed by atoms with van der Waals surface area (Å²) in [6.07, 6.45) is 0.0697. The van der Waals surface area contributed by atoms with E-state index in [0.717, 1.165) is 5.56 Å². The highest BCUT2D eigenvalue weighted by atomic mass is 16.2. The molecule has 0 saturated carbocycles. The van der Waals surface area contributed by atoms with Gasteiger partial charge in [-0.15, -0.1) is 0 Å². The Bertz CT molecular complexity index is 429. The molecule has 0 radical (unpaired) electrons. The summed E-state index contributed by atoms with van der Waals surface area (Å²) in [5.74, 6) is -0.791. The molecule has 0 aliphatic heterocycles. The molecule has 0 aliphatic carbocycles. The van der Waals surface area contributed by atoms with Crippen molar-refractivity contribution in [3.63, 3.8) is 0 Å². The molecule has 0 bridgehead atoms. The summed E-state index contributed by atoms with van der Waals surface area (Å²) < 4.78 is 0. The minimum atomic E-state index is -0.752. The maximum atomic E-state index is 12.0. The molecule has 1 aromatic carbocycles. The number of primary amides is 1. The zero-order valence-corrected chi connectivity index (χ0v) is 10.6. The molecular weight excluding hydrogens is 230 g/mol. The van der Waals surface area contributed by atoms with E-state index in [2.05, 4.69) is 5.32 Å². The van der Waals surface area contributed by atoms with Crippen LogP contribution in [0.2, 0.25) is 0 Å². The van der Waals surface area contributed by atoms with E-state index in [0.29, 0.717) is 0 Å². The van der Waals surface area contributed by atoms with Crippen LogP contribution >= 0.6 is 0 Å². The Labute approximate surface area is 107 Å². The molecule has 0 saturated heterocycles. The van der Waals surface area contributed by atoms with Crippen molar-refractivity contribution in [2.45, 2.75) is 31.8 Å². The fraction of sp³-hybridized carbons (Fsp3) is 0.385. The number of carbonyl (C=O) groups is 2. The first-order chi connectivity index (χ1) is 8.32. The van der Waals surface area contributed by atoms with Crippen molar-refractivity contribution in [2.24, 2.45) is 11.5 Å². The number of hydrogen-bond donors (Lipinski definition) is 3. The molecule has 5 nitrogen and oxygen atoms in total. The van der Waals surface area contributed by atoms with Gasteiger partial charge in [-0.25, -0.2) is 0 Å². The quantitative estimate of drug-likeness (QED) is 0.706. The summed E-state index contributed by atoms with van der Waals surface area (Å²) in [4.78, 5) is 22.8. The molecule has 0 spiro atoms. The monoisotopic (exact) mass is 249 g/mol. The fourth-order valence-corrected chi connectivity index (χ4v) is 1.70. The summed E-state index contributed by atoms with van der Waals surface area (Å²) in [6.45, 7) is 3.46. The second kappa shape index (κ2) is 5.64. The van der Waals surface area contributed by atoms with Crippen molar-refractivity contribution in [3.8, 4) is 0 Å². The number of benzene rings is 1. The van der Waals surface area contributed by atoms with Crippen molar-refractivity contribution < 1.29 is 9.59 Å². The third-order valence-electron chi connectivity index (χ3n) is 2.52. The smallest absolute Gasteiger partial charge is 0.241 e. The summed E-state index contributed by atoms with van der Waals surface area (Å²) in [5, 5.41) is 2.72. The predicted octanol–water partition coefficient (Wildman–Crippen LogP) is 0.457. The van der Waals surface area contributed by atoms with Crippen LogP contribution in [0.1, 0.15) is 31.9 Å². The summed E-state index contributed by atoms with van der Waals surface area (Å²) in [7, 11) is 0. The van der Waals surface area contributed by atoms with E-state index in [1.807, 2.05) is 18.2 Å². The van der Waals surface area contributed by atoms with Crippen molar-refractivity contribution in [2.75, 3.05) is 0 Å². The highest BCUT2D eigenvalue weighted by molar-refractivity contribution is 5.84. The normalized spacial score (nSPS) is 12.8. The van der Waals surface area contributed by atoms with E-state index in [1.54, 1.807) is 26.0 Å². The molecule has 0 fully saturated rings. The van der Waals surface area contributed by atoms with Crippen molar-refractivity contribution >= 4 is 11.8 Å². The Hall–Kier alpha value is -1.88. The molecule has 1 atom stereocenters. The van der Waals surface area contributed by atoms with Crippen LogP contribution < -0.4 is 16.8 Å². The molecule has 5 heteroatoms. The van der Waals surface area contributed by atoms with Gasteiger partial charge in [-0.05, 0) is 19.4 Å². The molecule has 18 heavy (non-hydrogen) atoms. The first-order valence-corrected chi connectivity index (χ1v) is 5.73. The average Bonchev–Trinajstić information content (AvgIpc) is 2.26. The summed E-state index contributed by atoms with van der Waals surface area (Å²) in [5.41, 5.74) is 11.0. The van der Waals surface area contributed by atoms with Crippen LogP contribution in [0.5, 0.6) is 0 Å². The highest BCUT2D eigenvalue weighted by Gasteiger charge is 2.26. The van der Waals surface area contributed by atoms with Gasteiger partial charge in [0.2, 0.25) is 11.8 Å². The Kier molecular flexibility index (Phi) is 4.44. The summed E-state index contributed by atoms with van der Waals surface area (Å²) in [6, 6.07) is 8.30. The molecule has 1 rings (SSSR count). The Balaban J connectivity index is 2.68. The lowest BCUT2D eigenvalue weighted by Gasteiger charge is -2.26. The second-order valence-corrected chi connectivity index (χ2v) is 4.90. The Morgan fingerprint density at radius 3 is 2.33 bits per heavy atom. The lowest BCUT2D eigenvalue weighted by atomic mass is 9.98. The van der Waals surface area contributed by atoms with Crippen LogP contribution in [0.3, 0.4) is 0 Å². The number of rotatable bonds is 5. The van der Waals surface area contributed by atoms with E-state index >= 15 is 0 Å². The second-order valence-electron chi connectivity index (χ2n) is 4.90. The molecule has 0 aromatic heterocycles. The van der Waals surface area contributed by atoms with E-state index in [9.17, 15) is 9.59 Å². The third kappa shape index (κ3) is 4.18. The maximum Gasteiger partial charge on any atom is 0.241 e.